The Morgan fingerprint density at radius 3 is 1.59 bits per heavy atom. The minimum Gasteiger partial charge on any atom is -0.490 e. The fraction of sp³-hybridized carbons (Fsp3) is 0.357. The molecule has 4 fully saturated rings. The second-order valence-electron chi connectivity index (χ2n) is 19.5. The zero-order valence-corrected chi connectivity index (χ0v) is 44.3. The molecule has 4 aliphatic rings. The Balaban J connectivity index is 0.000000151. The number of morpholine rings is 2. The fourth-order valence-electron chi connectivity index (χ4n) is 9.05. The first-order valence-electron chi connectivity index (χ1n) is 25.9. The summed E-state index contributed by atoms with van der Waals surface area (Å²) < 4.78 is 48.4. The van der Waals surface area contributed by atoms with Crippen molar-refractivity contribution in [2.24, 2.45) is 0 Å². The van der Waals surface area contributed by atoms with Crippen LogP contribution in [0.2, 0.25) is 0 Å². The van der Waals surface area contributed by atoms with Gasteiger partial charge in [0.05, 0.1) is 63.4 Å². The van der Waals surface area contributed by atoms with Crippen LogP contribution in [0.4, 0.5) is 23.3 Å². The van der Waals surface area contributed by atoms with Crippen molar-refractivity contribution >= 4 is 46.4 Å². The van der Waals surface area contributed by atoms with E-state index < -0.39 is 17.5 Å². The van der Waals surface area contributed by atoms with Gasteiger partial charge in [0.1, 0.15) is 60.2 Å². The third-order valence-electron chi connectivity index (χ3n) is 12.9. The number of aromatic nitrogens is 8. The number of hydrogen-bond acceptors (Lipinski definition) is 19. The number of nitrogens with one attached hydrogen (secondary N) is 1. The number of nitrogens with two attached hydrogens (primary N) is 1. The van der Waals surface area contributed by atoms with Crippen molar-refractivity contribution in [3.63, 3.8) is 0 Å². The fourth-order valence-corrected chi connectivity index (χ4v) is 9.05. The van der Waals surface area contributed by atoms with Gasteiger partial charge in [-0.15, -0.1) is 0 Å². The topological polar surface area (TPSA) is 259 Å². The molecule has 412 valence electrons. The van der Waals surface area contributed by atoms with Crippen molar-refractivity contribution in [1.29, 1.82) is 0 Å². The average molecular weight is 1080 g/mol. The number of benzene rings is 2. The number of nitrogens with zero attached hydrogens (tertiary/aromatic N) is 10. The Labute approximate surface area is 455 Å². The maximum absolute atomic E-state index is 13.3. The molecule has 0 spiro atoms. The smallest absolute Gasteiger partial charge is 0.356 e. The lowest BCUT2D eigenvalue weighted by Crippen LogP contribution is -2.36. The van der Waals surface area contributed by atoms with Gasteiger partial charge in [0.2, 0.25) is 0 Å². The maximum Gasteiger partial charge on any atom is 0.356 e. The number of rotatable bonds is 13. The van der Waals surface area contributed by atoms with Gasteiger partial charge < -0.3 is 63.9 Å². The van der Waals surface area contributed by atoms with Crippen LogP contribution < -0.4 is 30.3 Å². The van der Waals surface area contributed by atoms with Gasteiger partial charge in [0.25, 0.3) is 5.91 Å². The molecular formula is C56H62N12O11. The molecule has 4 saturated heterocycles. The molecule has 6 aromatic heterocycles. The van der Waals surface area contributed by atoms with Gasteiger partial charge in [-0.05, 0) is 100 Å². The molecule has 4 N–H and O–H groups in total. The van der Waals surface area contributed by atoms with E-state index in [0.29, 0.717) is 91.2 Å². The van der Waals surface area contributed by atoms with E-state index in [9.17, 15) is 14.7 Å². The number of hydrogen-bond donors (Lipinski definition) is 3. The van der Waals surface area contributed by atoms with E-state index in [-0.39, 0.29) is 23.8 Å². The highest BCUT2D eigenvalue weighted by Crippen LogP contribution is 2.32. The van der Waals surface area contributed by atoms with Gasteiger partial charge >= 0.3 is 5.97 Å². The number of ether oxygens (including phenoxy) is 8. The van der Waals surface area contributed by atoms with Crippen molar-refractivity contribution in [3.8, 4) is 34.0 Å². The zero-order chi connectivity index (χ0) is 54.9. The van der Waals surface area contributed by atoms with Crippen molar-refractivity contribution in [1.82, 2.24) is 39.2 Å². The number of amides is 1. The molecular weight excluding hydrogens is 1020 g/mol. The van der Waals surface area contributed by atoms with E-state index >= 15 is 0 Å². The Morgan fingerprint density at radius 1 is 0.620 bits per heavy atom. The number of aromatic carboxylic acids is 1. The highest BCUT2D eigenvalue weighted by Gasteiger charge is 2.34. The van der Waals surface area contributed by atoms with Crippen LogP contribution in [0.5, 0.6) is 11.5 Å². The number of carboxylic acid groups (broad SMARTS) is 1. The van der Waals surface area contributed by atoms with Crippen molar-refractivity contribution in [3.05, 3.63) is 133 Å². The molecule has 10 heterocycles. The number of carbonyl (C=O) groups is 2. The van der Waals surface area contributed by atoms with E-state index in [1.807, 2.05) is 113 Å². The predicted octanol–water partition coefficient (Wildman–Crippen LogP) is 6.54. The molecule has 23 heteroatoms. The third kappa shape index (κ3) is 13.5. The first-order valence-corrected chi connectivity index (χ1v) is 25.9. The SMILES string of the molecule is CC1(C)OCC(COc2ccccc2-c2ccc3ncc(C(=O)Nc4cccc(N5CCOCC5)n4)n3n2)O1.CC1(C)OCC(COc2ccccc2-c2ccc3ncc(C(=O)O)n3n2)O1.Nc1cccc(N2CCOCC2)n1. The maximum atomic E-state index is 13.3. The summed E-state index contributed by atoms with van der Waals surface area (Å²) in [5, 5.41) is 21.3. The number of imidazole rings is 2. The largest absolute Gasteiger partial charge is 0.490 e. The molecule has 79 heavy (non-hydrogen) atoms. The highest BCUT2D eigenvalue weighted by molar-refractivity contribution is 6.03. The number of carbonyl (C=O) groups excluding carboxylic acids is 1. The molecule has 0 aliphatic carbocycles. The van der Waals surface area contributed by atoms with Gasteiger partial charge in [0.15, 0.2) is 34.3 Å². The monoisotopic (exact) mass is 1080 g/mol. The molecule has 2 atom stereocenters. The minimum atomic E-state index is -1.09. The molecule has 2 unspecified atom stereocenters. The first-order chi connectivity index (χ1) is 38.2. The number of pyridine rings is 2. The van der Waals surface area contributed by atoms with Crippen LogP contribution in [0, 0.1) is 0 Å². The van der Waals surface area contributed by atoms with Gasteiger partial charge in [0, 0.05) is 37.3 Å². The van der Waals surface area contributed by atoms with Crippen LogP contribution in [0.25, 0.3) is 33.8 Å². The van der Waals surface area contributed by atoms with Crippen molar-refractivity contribution < 1.29 is 52.6 Å². The summed E-state index contributed by atoms with van der Waals surface area (Å²) in [7, 11) is 0. The molecule has 2 aromatic carbocycles. The van der Waals surface area contributed by atoms with Gasteiger partial charge in [-0.25, -0.2) is 33.8 Å². The Kier molecular flexibility index (Phi) is 16.5. The average Bonchev–Trinajstić information content (AvgIpc) is 4.37. The lowest BCUT2D eigenvalue weighted by molar-refractivity contribution is -0.141. The van der Waals surface area contributed by atoms with Crippen LogP contribution in [0.3, 0.4) is 0 Å². The Morgan fingerprint density at radius 2 is 1.10 bits per heavy atom. The number of fused-ring (bicyclic) bond motifs is 2. The lowest BCUT2D eigenvalue weighted by atomic mass is 10.1. The van der Waals surface area contributed by atoms with E-state index in [1.54, 1.807) is 24.3 Å². The Hall–Kier alpha value is -8.32. The molecule has 8 aromatic rings. The van der Waals surface area contributed by atoms with E-state index in [0.717, 1.165) is 62.2 Å². The van der Waals surface area contributed by atoms with Crippen LogP contribution in [0.1, 0.15) is 48.7 Å². The van der Waals surface area contributed by atoms with E-state index in [4.69, 9.17) is 48.7 Å². The molecule has 12 rings (SSSR count). The van der Waals surface area contributed by atoms with Crippen molar-refractivity contribution in [2.45, 2.75) is 51.5 Å². The Bertz CT molecular complexity index is 3400. The molecule has 4 aliphatic heterocycles. The molecule has 0 radical (unpaired) electrons. The van der Waals surface area contributed by atoms with E-state index in [2.05, 4.69) is 40.2 Å². The molecule has 0 saturated carbocycles. The summed E-state index contributed by atoms with van der Waals surface area (Å²) in [4.78, 5) is 46.2. The van der Waals surface area contributed by atoms with Gasteiger partial charge in [-0.1, -0.05) is 36.4 Å². The third-order valence-corrected chi connectivity index (χ3v) is 12.9. The summed E-state index contributed by atoms with van der Waals surface area (Å²) in [6.07, 6.45) is 2.48. The number of nitrogen functional groups attached to an aromatic ring is 1. The minimum absolute atomic E-state index is 0.00369. The molecule has 23 nitrogen and oxygen atoms in total. The zero-order valence-electron chi connectivity index (χ0n) is 44.3. The summed E-state index contributed by atoms with van der Waals surface area (Å²) in [6, 6.07) is 33.5. The summed E-state index contributed by atoms with van der Waals surface area (Å²) in [5.41, 5.74) is 9.68. The highest BCUT2D eigenvalue weighted by atomic mass is 16.8. The van der Waals surface area contributed by atoms with Crippen LogP contribution in [-0.2, 0) is 28.4 Å². The summed E-state index contributed by atoms with van der Waals surface area (Å²) >= 11 is 0. The first kappa shape index (κ1) is 54.1. The lowest BCUT2D eigenvalue weighted by Gasteiger charge is -2.27. The van der Waals surface area contributed by atoms with Crippen LogP contribution >= 0.6 is 0 Å². The van der Waals surface area contributed by atoms with Gasteiger partial charge in [-0.2, -0.15) is 10.2 Å². The number of anilines is 4. The second kappa shape index (κ2) is 24.1. The van der Waals surface area contributed by atoms with Gasteiger partial charge in [-0.3, -0.25) is 4.79 Å². The van der Waals surface area contributed by atoms with Crippen LogP contribution in [0.15, 0.2) is 122 Å². The summed E-state index contributed by atoms with van der Waals surface area (Å²) in [6.45, 7) is 15.3. The molecule has 0 bridgehead atoms. The second-order valence-corrected chi connectivity index (χ2v) is 19.5. The quantitative estimate of drug-likeness (QED) is 0.111. The van der Waals surface area contributed by atoms with Crippen LogP contribution in [-0.4, -0.2) is 159 Å². The summed E-state index contributed by atoms with van der Waals surface area (Å²) in [5.74, 6) is 1.41. The molecule has 1 amide bonds. The number of carboxylic acids is 1. The normalized spacial score (nSPS) is 18.5. The van der Waals surface area contributed by atoms with Crippen molar-refractivity contribution in [2.75, 3.05) is 99.9 Å². The predicted molar refractivity (Wildman–Crippen MR) is 292 cm³/mol. The standard InChI is InChI=1S/C28H30N6O5.C19H19N3O5.C9H13N3O/c1-28(2)38-18-19(39-28)17-37-23-7-4-3-6-20(23)21-10-11-25-29-16-22(34(25)32-21)27(35)31-24-8-5-9-26(30-24)33-12-14-36-15-13-33;1-19(2)26-11-12(27-19)10-25-16-6-4-3-5-13(16)14-7-8-17-20-9-15(18(23)24)22(17)21-14;10-8-2-1-3-9(11-8)12-4-6-13-7-5-12/h3-11,16,19H,12-15,17-18H2,1-2H3,(H,30,31,35);3-9,12H,10-11H2,1-2H3,(H,23,24);1-3H,4-7H2,(H2,10,11). The van der Waals surface area contributed by atoms with E-state index in [1.165, 1.54) is 21.4 Å². The number of para-hydroxylation sites is 2.